The average Bonchev–Trinajstić information content (AvgIpc) is 2.38. The number of aryl methyl sites for hydroxylation is 1. The largest absolute Gasteiger partial charge is 0.214 e. The smallest absolute Gasteiger partial charge is 0.212 e. The minimum Gasteiger partial charge on any atom is -0.212 e. The lowest BCUT2D eigenvalue weighted by molar-refractivity contribution is 0.386. The molecule has 0 saturated carbocycles. The average molecular weight is 267 g/mol. The molecule has 0 aliphatic carbocycles. The van der Waals surface area contributed by atoms with Crippen molar-refractivity contribution >= 4 is 10.0 Å². The Morgan fingerprint density at radius 1 is 1.11 bits per heavy atom. The van der Waals surface area contributed by atoms with Gasteiger partial charge in [-0.25, -0.2) is 12.7 Å². The molecule has 0 unspecified atom stereocenters. The molecular formula is C14H21NO2S. The second kappa shape index (κ2) is 5.85. The van der Waals surface area contributed by atoms with E-state index in [4.69, 9.17) is 0 Å². The highest BCUT2D eigenvalue weighted by Crippen LogP contribution is 2.14. The molecule has 0 N–H and O–H groups in total. The molecule has 1 fully saturated rings. The lowest BCUT2D eigenvalue weighted by Crippen LogP contribution is -2.39. The second-order valence-electron chi connectivity index (χ2n) is 4.84. The summed E-state index contributed by atoms with van der Waals surface area (Å²) in [5.74, 6) is 0.321. The third-order valence-corrected chi connectivity index (χ3v) is 5.49. The fraction of sp³-hybridized carbons (Fsp3) is 0.571. The Morgan fingerprint density at radius 3 is 2.39 bits per heavy atom. The third kappa shape index (κ3) is 3.33. The normalized spacial score (nSPS) is 19.8. The Balaban J connectivity index is 1.94. The van der Waals surface area contributed by atoms with Gasteiger partial charge in [-0.05, 0) is 36.8 Å². The summed E-state index contributed by atoms with van der Waals surface area (Å²) in [4.78, 5) is 0. The highest BCUT2D eigenvalue weighted by molar-refractivity contribution is 7.89. The molecule has 4 heteroatoms. The Bertz CT molecular complexity index is 479. The van der Waals surface area contributed by atoms with Crippen LogP contribution in [0.25, 0.3) is 0 Å². The summed E-state index contributed by atoms with van der Waals surface area (Å²) in [6.45, 7) is 3.44. The number of rotatable bonds is 4. The van der Waals surface area contributed by atoms with Gasteiger partial charge in [-0.2, -0.15) is 0 Å². The fourth-order valence-corrected chi connectivity index (χ4v) is 3.89. The predicted octanol–water partition coefficient (Wildman–Crippen LogP) is 2.22. The van der Waals surface area contributed by atoms with E-state index in [0.717, 1.165) is 25.7 Å². The van der Waals surface area contributed by atoms with Crippen LogP contribution in [0.5, 0.6) is 0 Å². The van der Waals surface area contributed by atoms with E-state index < -0.39 is 10.0 Å². The molecule has 1 heterocycles. The van der Waals surface area contributed by atoms with E-state index in [2.05, 4.69) is 31.2 Å². The number of benzene rings is 1. The van der Waals surface area contributed by atoms with E-state index in [1.54, 1.807) is 4.31 Å². The van der Waals surface area contributed by atoms with Crippen LogP contribution in [0.1, 0.15) is 30.9 Å². The Morgan fingerprint density at radius 2 is 1.78 bits per heavy atom. The monoisotopic (exact) mass is 267 g/mol. The van der Waals surface area contributed by atoms with Gasteiger partial charge < -0.3 is 0 Å². The number of sulfonamides is 1. The molecule has 0 atom stereocenters. The Hall–Kier alpha value is -0.870. The first-order valence-electron chi connectivity index (χ1n) is 6.67. The Kier molecular flexibility index (Phi) is 4.40. The second-order valence-corrected chi connectivity index (χ2v) is 6.93. The highest BCUT2D eigenvalue weighted by atomic mass is 32.2. The van der Waals surface area contributed by atoms with Gasteiger partial charge in [0.05, 0.1) is 5.75 Å². The first-order valence-corrected chi connectivity index (χ1v) is 8.28. The molecule has 1 aromatic carbocycles. The fourth-order valence-electron chi connectivity index (χ4n) is 2.29. The van der Waals surface area contributed by atoms with Gasteiger partial charge in [0, 0.05) is 13.1 Å². The van der Waals surface area contributed by atoms with Gasteiger partial charge in [-0.3, -0.25) is 0 Å². The summed E-state index contributed by atoms with van der Waals surface area (Å²) in [7, 11) is -2.97. The molecule has 1 aliphatic rings. The van der Waals surface area contributed by atoms with Gasteiger partial charge >= 0.3 is 0 Å². The molecule has 100 valence electrons. The molecule has 1 saturated heterocycles. The molecule has 0 spiro atoms. The highest BCUT2D eigenvalue weighted by Gasteiger charge is 2.24. The van der Waals surface area contributed by atoms with Crippen LogP contribution >= 0.6 is 0 Å². The predicted molar refractivity (Wildman–Crippen MR) is 74.1 cm³/mol. The summed E-state index contributed by atoms with van der Waals surface area (Å²) < 4.78 is 25.3. The molecule has 18 heavy (non-hydrogen) atoms. The van der Waals surface area contributed by atoms with Crippen LogP contribution in [0, 0.1) is 0 Å². The van der Waals surface area contributed by atoms with Crippen molar-refractivity contribution in [3.05, 3.63) is 35.4 Å². The third-order valence-electron chi connectivity index (χ3n) is 3.53. The van der Waals surface area contributed by atoms with Gasteiger partial charge in [0.2, 0.25) is 10.0 Å². The van der Waals surface area contributed by atoms with Crippen molar-refractivity contribution < 1.29 is 8.42 Å². The van der Waals surface area contributed by atoms with Crippen LogP contribution in [-0.4, -0.2) is 31.6 Å². The van der Waals surface area contributed by atoms with Crippen molar-refractivity contribution in [3.63, 3.8) is 0 Å². The summed E-state index contributed by atoms with van der Waals surface area (Å²) in [6, 6.07) is 8.46. The molecule has 0 radical (unpaired) electrons. The van der Waals surface area contributed by atoms with Crippen molar-refractivity contribution in [1.29, 1.82) is 0 Å². The van der Waals surface area contributed by atoms with Crippen LogP contribution in [0.15, 0.2) is 24.3 Å². The van der Waals surface area contributed by atoms with Gasteiger partial charge in [0.25, 0.3) is 0 Å². The first kappa shape index (κ1) is 13.6. The SMILES string of the molecule is CCc1ccc(CCN2CCCCS2(=O)=O)cc1. The van der Waals surface area contributed by atoms with Gasteiger partial charge in [0.15, 0.2) is 0 Å². The first-order chi connectivity index (χ1) is 8.62. The summed E-state index contributed by atoms with van der Waals surface area (Å²) in [5.41, 5.74) is 2.54. The van der Waals surface area contributed by atoms with E-state index in [-0.39, 0.29) is 0 Å². The minimum atomic E-state index is -2.97. The molecule has 0 bridgehead atoms. The van der Waals surface area contributed by atoms with Crippen molar-refractivity contribution in [2.45, 2.75) is 32.6 Å². The topological polar surface area (TPSA) is 37.4 Å². The lowest BCUT2D eigenvalue weighted by atomic mass is 10.1. The van der Waals surface area contributed by atoms with Crippen LogP contribution in [0.2, 0.25) is 0 Å². The lowest BCUT2D eigenvalue weighted by Gasteiger charge is -2.26. The maximum Gasteiger partial charge on any atom is 0.214 e. The van der Waals surface area contributed by atoms with E-state index in [9.17, 15) is 8.42 Å². The molecule has 0 aromatic heterocycles. The zero-order valence-corrected chi connectivity index (χ0v) is 11.7. The van der Waals surface area contributed by atoms with E-state index in [1.807, 2.05) is 0 Å². The van der Waals surface area contributed by atoms with Crippen molar-refractivity contribution in [2.24, 2.45) is 0 Å². The molecule has 2 rings (SSSR count). The maximum absolute atomic E-state index is 11.8. The summed E-state index contributed by atoms with van der Waals surface area (Å²) >= 11 is 0. The summed E-state index contributed by atoms with van der Waals surface area (Å²) in [5, 5.41) is 0. The van der Waals surface area contributed by atoms with Crippen LogP contribution in [-0.2, 0) is 22.9 Å². The zero-order chi connectivity index (χ0) is 13.0. The quantitative estimate of drug-likeness (QED) is 0.839. The van der Waals surface area contributed by atoms with Gasteiger partial charge in [0.1, 0.15) is 0 Å². The van der Waals surface area contributed by atoms with Gasteiger partial charge in [-0.1, -0.05) is 31.2 Å². The zero-order valence-electron chi connectivity index (χ0n) is 10.9. The molecular weight excluding hydrogens is 246 g/mol. The van der Waals surface area contributed by atoms with E-state index >= 15 is 0 Å². The van der Waals surface area contributed by atoms with Crippen molar-refractivity contribution in [2.75, 3.05) is 18.8 Å². The molecule has 1 aromatic rings. The standard InChI is InChI=1S/C14H21NO2S/c1-2-13-5-7-14(8-6-13)9-11-15-10-3-4-12-18(15,16)17/h5-8H,2-4,9-12H2,1H3. The maximum atomic E-state index is 11.8. The van der Waals surface area contributed by atoms with E-state index in [0.29, 0.717) is 18.8 Å². The number of hydrogen-bond donors (Lipinski definition) is 0. The van der Waals surface area contributed by atoms with Crippen LogP contribution in [0.4, 0.5) is 0 Å². The van der Waals surface area contributed by atoms with Gasteiger partial charge in [-0.15, -0.1) is 0 Å². The van der Waals surface area contributed by atoms with Crippen molar-refractivity contribution in [1.82, 2.24) is 4.31 Å². The Labute approximate surface area is 110 Å². The molecule has 0 amide bonds. The number of hydrogen-bond acceptors (Lipinski definition) is 2. The van der Waals surface area contributed by atoms with Crippen LogP contribution in [0.3, 0.4) is 0 Å². The van der Waals surface area contributed by atoms with Crippen molar-refractivity contribution in [3.8, 4) is 0 Å². The van der Waals surface area contributed by atoms with Crippen LogP contribution < -0.4 is 0 Å². The molecule has 1 aliphatic heterocycles. The number of nitrogens with zero attached hydrogens (tertiary/aromatic N) is 1. The van der Waals surface area contributed by atoms with E-state index in [1.165, 1.54) is 11.1 Å². The summed E-state index contributed by atoms with van der Waals surface area (Å²) in [6.07, 6.45) is 3.65. The minimum absolute atomic E-state index is 0.321. The molecule has 3 nitrogen and oxygen atoms in total.